The van der Waals surface area contributed by atoms with E-state index in [0.717, 1.165) is 22.6 Å². The first kappa shape index (κ1) is 16.6. The molecule has 2 aromatic carbocycles. The molecule has 1 amide bonds. The number of H-pyrrole nitrogens is 2. The predicted molar refractivity (Wildman–Crippen MR) is 103 cm³/mol. The van der Waals surface area contributed by atoms with Gasteiger partial charge in [0.05, 0.1) is 18.5 Å². The van der Waals surface area contributed by atoms with Crippen LogP contribution in [0.1, 0.15) is 10.5 Å². The molecule has 2 heterocycles. The van der Waals surface area contributed by atoms with E-state index in [1.807, 2.05) is 54.6 Å². The fourth-order valence-corrected chi connectivity index (χ4v) is 2.72. The molecular formula is C20H17N5O2. The van der Waals surface area contributed by atoms with Crippen molar-refractivity contribution in [2.24, 2.45) is 0 Å². The summed E-state index contributed by atoms with van der Waals surface area (Å²) in [4.78, 5) is 12.5. The van der Waals surface area contributed by atoms with Gasteiger partial charge in [-0.2, -0.15) is 10.2 Å². The Kier molecular flexibility index (Phi) is 4.40. The van der Waals surface area contributed by atoms with E-state index >= 15 is 0 Å². The minimum absolute atomic E-state index is 0.258. The molecule has 0 unspecified atom stereocenters. The Labute approximate surface area is 155 Å². The van der Waals surface area contributed by atoms with Gasteiger partial charge in [-0.1, -0.05) is 24.3 Å². The number of methoxy groups -OCH3 is 1. The second-order valence-electron chi connectivity index (χ2n) is 5.90. The summed E-state index contributed by atoms with van der Waals surface area (Å²) >= 11 is 0. The van der Waals surface area contributed by atoms with Crippen LogP contribution in [-0.4, -0.2) is 33.4 Å². The molecule has 0 atom stereocenters. The van der Waals surface area contributed by atoms with Crippen molar-refractivity contribution in [3.63, 3.8) is 0 Å². The monoisotopic (exact) mass is 359 g/mol. The summed E-state index contributed by atoms with van der Waals surface area (Å²) in [6.45, 7) is 0. The van der Waals surface area contributed by atoms with Gasteiger partial charge < -0.3 is 10.1 Å². The van der Waals surface area contributed by atoms with Crippen LogP contribution in [-0.2, 0) is 0 Å². The average molecular weight is 359 g/mol. The number of hydrogen-bond donors (Lipinski definition) is 3. The molecule has 0 radical (unpaired) electrons. The van der Waals surface area contributed by atoms with Crippen LogP contribution in [0, 0.1) is 0 Å². The van der Waals surface area contributed by atoms with Crippen LogP contribution >= 0.6 is 0 Å². The summed E-state index contributed by atoms with van der Waals surface area (Å²) < 4.78 is 5.22. The molecule has 0 aliphatic carbocycles. The van der Waals surface area contributed by atoms with Gasteiger partial charge in [0, 0.05) is 17.4 Å². The molecule has 0 bridgehead atoms. The molecule has 2 aromatic heterocycles. The number of aromatic amines is 2. The van der Waals surface area contributed by atoms with Gasteiger partial charge in [0.2, 0.25) is 0 Å². The van der Waals surface area contributed by atoms with Crippen LogP contribution in [0.2, 0.25) is 0 Å². The highest BCUT2D eigenvalue weighted by molar-refractivity contribution is 6.03. The summed E-state index contributed by atoms with van der Waals surface area (Å²) in [5, 5.41) is 16.7. The van der Waals surface area contributed by atoms with Crippen LogP contribution in [0.5, 0.6) is 5.75 Å². The fraction of sp³-hybridized carbons (Fsp3) is 0.0500. The van der Waals surface area contributed by atoms with E-state index in [0.29, 0.717) is 17.1 Å². The van der Waals surface area contributed by atoms with Crippen molar-refractivity contribution in [3.05, 3.63) is 72.6 Å². The Morgan fingerprint density at radius 1 is 1.00 bits per heavy atom. The second kappa shape index (κ2) is 7.17. The zero-order valence-corrected chi connectivity index (χ0v) is 14.6. The molecule has 0 spiro atoms. The highest BCUT2D eigenvalue weighted by Crippen LogP contribution is 2.23. The first-order valence-corrected chi connectivity index (χ1v) is 8.34. The molecule has 0 saturated heterocycles. The van der Waals surface area contributed by atoms with Crippen LogP contribution in [0.3, 0.4) is 0 Å². The number of carbonyl (C=O) groups is 1. The van der Waals surface area contributed by atoms with E-state index < -0.39 is 0 Å². The number of nitrogens with one attached hydrogen (secondary N) is 3. The lowest BCUT2D eigenvalue weighted by Gasteiger charge is -2.04. The Morgan fingerprint density at radius 3 is 2.59 bits per heavy atom. The maximum absolute atomic E-state index is 12.5. The number of amides is 1. The Hall–Kier alpha value is -3.87. The lowest BCUT2D eigenvalue weighted by Crippen LogP contribution is -2.12. The van der Waals surface area contributed by atoms with E-state index in [1.54, 1.807) is 19.4 Å². The first-order valence-electron chi connectivity index (χ1n) is 8.34. The average Bonchev–Trinajstić information content (AvgIpc) is 3.41. The predicted octanol–water partition coefficient (Wildman–Crippen LogP) is 3.73. The van der Waals surface area contributed by atoms with E-state index in [-0.39, 0.29) is 5.91 Å². The van der Waals surface area contributed by atoms with Crippen LogP contribution in [0.25, 0.3) is 22.5 Å². The molecule has 134 valence electrons. The van der Waals surface area contributed by atoms with Crippen molar-refractivity contribution < 1.29 is 9.53 Å². The molecule has 0 fully saturated rings. The molecule has 7 heteroatoms. The Bertz CT molecular complexity index is 1050. The molecule has 7 nitrogen and oxygen atoms in total. The van der Waals surface area contributed by atoms with Gasteiger partial charge in [-0.15, -0.1) is 0 Å². The van der Waals surface area contributed by atoms with Crippen molar-refractivity contribution >= 4 is 11.6 Å². The standard InChI is InChI=1S/C20H17N5O2/c1-27-16-4-2-3-14(11-16)18-12-19(25-24-18)20(26)22-15-7-5-13(6-8-15)17-9-10-21-23-17/h2-12H,1H3,(H,21,23)(H,22,26)(H,24,25). The van der Waals surface area contributed by atoms with E-state index in [9.17, 15) is 4.79 Å². The number of carbonyl (C=O) groups excluding carboxylic acids is 1. The van der Waals surface area contributed by atoms with Gasteiger partial charge in [0.1, 0.15) is 11.4 Å². The van der Waals surface area contributed by atoms with Gasteiger partial charge in [-0.25, -0.2) is 0 Å². The molecular weight excluding hydrogens is 342 g/mol. The maximum atomic E-state index is 12.5. The van der Waals surface area contributed by atoms with Crippen LogP contribution < -0.4 is 10.1 Å². The third-order valence-corrected chi connectivity index (χ3v) is 4.14. The number of nitrogens with zero attached hydrogens (tertiary/aromatic N) is 2. The highest BCUT2D eigenvalue weighted by Gasteiger charge is 2.12. The lowest BCUT2D eigenvalue weighted by molar-refractivity contribution is 0.102. The third-order valence-electron chi connectivity index (χ3n) is 4.14. The molecule has 27 heavy (non-hydrogen) atoms. The number of anilines is 1. The summed E-state index contributed by atoms with van der Waals surface area (Å²) in [5.74, 6) is 0.477. The largest absolute Gasteiger partial charge is 0.497 e. The molecule has 0 aliphatic rings. The zero-order chi connectivity index (χ0) is 18.6. The molecule has 0 saturated carbocycles. The minimum Gasteiger partial charge on any atom is -0.497 e. The van der Waals surface area contributed by atoms with Crippen molar-refractivity contribution in [1.29, 1.82) is 0 Å². The Morgan fingerprint density at radius 2 is 1.85 bits per heavy atom. The van der Waals surface area contributed by atoms with Gasteiger partial charge >= 0.3 is 0 Å². The van der Waals surface area contributed by atoms with Crippen LogP contribution in [0.4, 0.5) is 5.69 Å². The maximum Gasteiger partial charge on any atom is 0.273 e. The topological polar surface area (TPSA) is 95.7 Å². The molecule has 0 aliphatic heterocycles. The Balaban J connectivity index is 1.48. The molecule has 3 N–H and O–H groups in total. The van der Waals surface area contributed by atoms with Crippen LogP contribution in [0.15, 0.2) is 66.9 Å². The number of rotatable bonds is 5. The van der Waals surface area contributed by atoms with Crippen molar-refractivity contribution in [2.75, 3.05) is 12.4 Å². The number of hydrogen-bond acceptors (Lipinski definition) is 4. The van der Waals surface area contributed by atoms with Crippen molar-refractivity contribution in [1.82, 2.24) is 20.4 Å². The normalized spacial score (nSPS) is 10.6. The minimum atomic E-state index is -0.258. The zero-order valence-electron chi connectivity index (χ0n) is 14.6. The van der Waals surface area contributed by atoms with Crippen molar-refractivity contribution in [3.8, 4) is 28.3 Å². The van der Waals surface area contributed by atoms with Gasteiger partial charge in [-0.05, 0) is 42.0 Å². The smallest absolute Gasteiger partial charge is 0.273 e. The number of ether oxygens (including phenoxy) is 1. The second-order valence-corrected chi connectivity index (χ2v) is 5.90. The fourth-order valence-electron chi connectivity index (χ4n) is 2.72. The van der Waals surface area contributed by atoms with Gasteiger partial charge in [0.15, 0.2) is 0 Å². The van der Waals surface area contributed by atoms with E-state index in [4.69, 9.17) is 4.74 Å². The van der Waals surface area contributed by atoms with E-state index in [1.165, 1.54) is 0 Å². The number of aromatic nitrogens is 4. The lowest BCUT2D eigenvalue weighted by atomic mass is 10.1. The van der Waals surface area contributed by atoms with Gasteiger partial charge in [-0.3, -0.25) is 15.0 Å². The highest BCUT2D eigenvalue weighted by atomic mass is 16.5. The summed E-state index contributed by atoms with van der Waals surface area (Å²) in [6.07, 6.45) is 1.70. The van der Waals surface area contributed by atoms with Crippen molar-refractivity contribution in [2.45, 2.75) is 0 Å². The summed E-state index contributed by atoms with van der Waals surface area (Å²) in [7, 11) is 1.61. The summed E-state index contributed by atoms with van der Waals surface area (Å²) in [6, 6.07) is 18.6. The third kappa shape index (κ3) is 3.57. The van der Waals surface area contributed by atoms with Gasteiger partial charge in [0.25, 0.3) is 5.91 Å². The SMILES string of the molecule is COc1cccc(-c2cc(C(=O)Nc3ccc(-c4ccn[nH]4)cc3)[nH]n2)c1. The molecule has 4 aromatic rings. The summed E-state index contributed by atoms with van der Waals surface area (Å²) in [5.41, 5.74) is 4.53. The first-order chi connectivity index (χ1) is 13.2. The van der Waals surface area contributed by atoms with E-state index in [2.05, 4.69) is 25.7 Å². The molecule has 4 rings (SSSR count). The quantitative estimate of drug-likeness (QED) is 0.506. The number of benzene rings is 2.